The molecule has 0 saturated heterocycles. The van der Waals surface area contributed by atoms with Gasteiger partial charge in [0.05, 0.1) is 6.42 Å². The first-order valence-corrected chi connectivity index (χ1v) is 7.18. The number of esters is 1. The third-order valence-corrected chi connectivity index (χ3v) is 3.25. The number of hydrogen-bond donors (Lipinski definition) is 1. The van der Waals surface area contributed by atoms with E-state index in [-0.39, 0.29) is 18.9 Å². The molecule has 0 radical (unpaired) electrons. The number of aryl methyl sites for hydroxylation is 1. The molecule has 0 fully saturated rings. The van der Waals surface area contributed by atoms with E-state index in [1.165, 1.54) is 0 Å². The van der Waals surface area contributed by atoms with Gasteiger partial charge in [-0.25, -0.2) is 0 Å². The summed E-state index contributed by atoms with van der Waals surface area (Å²) < 4.78 is 4.97. The molecule has 0 aliphatic rings. The molecule has 2 rings (SSSR count). The molecule has 0 aliphatic heterocycles. The minimum absolute atomic E-state index is 0.147. The molecule has 5 heteroatoms. The Morgan fingerprint density at radius 1 is 1.14 bits per heavy atom. The van der Waals surface area contributed by atoms with Crippen LogP contribution in [0, 0.1) is 6.92 Å². The normalized spacial score (nSPS) is 10.1. The van der Waals surface area contributed by atoms with Crippen LogP contribution in [0.4, 0.5) is 5.69 Å². The van der Waals surface area contributed by atoms with Gasteiger partial charge in [-0.2, -0.15) is 0 Å². The molecule has 114 valence electrons. The fraction of sp³-hybridized carbons (Fsp3) is 0.176. The van der Waals surface area contributed by atoms with Gasteiger partial charge in [-0.3, -0.25) is 9.59 Å². The molecule has 0 bridgehead atoms. The van der Waals surface area contributed by atoms with Crippen LogP contribution in [0.1, 0.15) is 11.1 Å². The largest absolute Gasteiger partial charge is 0.455 e. The maximum atomic E-state index is 11.8. The van der Waals surface area contributed by atoms with Crippen molar-refractivity contribution in [1.82, 2.24) is 0 Å². The fourth-order valence-corrected chi connectivity index (χ4v) is 2.14. The smallest absolute Gasteiger partial charge is 0.310 e. The van der Waals surface area contributed by atoms with E-state index in [0.717, 1.165) is 11.1 Å². The van der Waals surface area contributed by atoms with Crippen LogP contribution in [-0.2, 0) is 20.7 Å². The Hall–Kier alpha value is -2.33. The molecule has 0 saturated carbocycles. The highest BCUT2D eigenvalue weighted by Crippen LogP contribution is 2.19. The maximum absolute atomic E-state index is 11.8. The molecule has 0 aromatic heterocycles. The van der Waals surface area contributed by atoms with Gasteiger partial charge in [0.15, 0.2) is 6.61 Å². The van der Waals surface area contributed by atoms with Crippen molar-refractivity contribution in [1.29, 1.82) is 0 Å². The molecule has 1 N–H and O–H groups in total. The van der Waals surface area contributed by atoms with Crippen molar-refractivity contribution in [2.45, 2.75) is 13.3 Å². The van der Waals surface area contributed by atoms with Gasteiger partial charge in [0.1, 0.15) is 0 Å². The van der Waals surface area contributed by atoms with Gasteiger partial charge in [-0.05, 0) is 36.2 Å². The SMILES string of the molecule is Cc1cc(Cl)ccc1NC(=O)COC(=O)Cc1ccccc1. The predicted octanol–water partition coefficient (Wildman–Crippen LogP) is 3.37. The summed E-state index contributed by atoms with van der Waals surface area (Å²) in [4.78, 5) is 23.4. The summed E-state index contributed by atoms with van der Waals surface area (Å²) in [5, 5.41) is 3.28. The molecule has 0 spiro atoms. The number of amides is 1. The van der Waals surface area contributed by atoms with Crippen molar-refractivity contribution in [2.75, 3.05) is 11.9 Å². The lowest BCUT2D eigenvalue weighted by molar-refractivity contribution is -0.146. The zero-order chi connectivity index (χ0) is 15.9. The standard InChI is InChI=1S/C17H16ClNO3/c1-12-9-14(18)7-8-15(12)19-16(20)11-22-17(21)10-13-5-3-2-4-6-13/h2-9H,10-11H2,1H3,(H,19,20). The Labute approximate surface area is 134 Å². The lowest BCUT2D eigenvalue weighted by atomic mass is 10.2. The van der Waals surface area contributed by atoms with Gasteiger partial charge in [0, 0.05) is 10.7 Å². The Morgan fingerprint density at radius 3 is 2.55 bits per heavy atom. The van der Waals surface area contributed by atoms with Crippen LogP contribution in [0.25, 0.3) is 0 Å². The minimum atomic E-state index is -0.436. The Morgan fingerprint density at radius 2 is 1.86 bits per heavy atom. The van der Waals surface area contributed by atoms with E-state index in [1.54, 1.807) is 18.2 Å². The van der Waals surface area contributed by atoms with Gasteiger partial charge in [0.25, 0.3) is 5.91 Å². The van der Waals surface area contributed by atoms with E-state index < -0.39 is 5.97 Å². The molecule has 0 atom stereocenters. The number of hydrogen-bond acceptors (Lipinski definition) is 3. The number of ether oxygens (including phenoxy) is 1. The topological polar surface area (TPSA) is 55.4 Å². The minimum Gasteiger partial charge on any atom is -0.455 e. The number of nitrogens with one attached hydrogen (secondary N) is 1. The number of rotatable bonds is 5. The number of anilines is 1. The van der Waals surface area contributed by atoms with Crippen molar-refractivity contribution < 1.29 is 14.3 Å². The summed E-state index contributed by atoms with van der Waals surface area (Å²) in [5.41, 5.74) is 2.34. The van der Waals surface area contributed by atoms with Gasteiger partial charge >= 0.3 is 5.97 Å². The average Bonchev–Trinajstić information content (AvgIpc) is 2.49. The first-order valence-electron chi connectivity index (χ1n) is 6.80. The van der Waals surface area contributed by atoms with E-state index in [9.17, 15) is 9.59 Å². The molecular formula is C17H16ClNO3. The van der Waals surface area contributed by atoms with Gasteiger partial charge in [-0.1, -0.05) is 41.9 Å². The van der Waals surface area contributed by atoms with Crippen LogP contribution in [-0.4, -0.2) is 18.5 Å². The molecule has 22 heavy (non-hydrogen) atoms. The second kappa shape index (κ2) is 7.61. The van der Waals surface area contributed by atoms with Crippen LogP contribution in [0.2, 0.25) is 5.02 Å². The van der Waals surface area contributed by atoms with Crippen LogP contribution in [0.15, 0.2) is 48.5 Å². The summed E-state index contributed by atoms with van der Waals surface area (Å²) in [7, 11) is 0. The van der Waals surface area contributed by atoms with Crippen molar-refractivity contribution in [3.8, 4) is 0 Å². The number of halogens is 1. The third kappa shape index (κ3) is 4.90. The second-order valence-electron chi connectivity index (χ2n) is 4.83. The Kier molecular flexibility index (Phi) is 5.55. The van der Waals surface area contributed by atoms with Gasteiger partial charge in [-0.15, -0.1) is 0 Å². The molecular weight excluding hydrogens is 302 g/mol. The van der Waals surface area contributed by atoms with Crippen LogP contribution < -0.4 is 5.32 Å². The van der Waals surface area contributed by atoms with E-state index in [4.69, 9.17) is 16.3 Å². The lowest BCUT2D eigenvalue weighted by Gasteiger charge is -2.09. The molecule has 0 aliphatic carbocycles. The summed E-state index contributed by atoms with van der Waals surface area (Å²) in [6, 6.07) is 14.4. The summed E-state index contributed by atoms with van der Waals surface area (Å²) in [6.45, 7) is 1.52. The number of carbonyl (C=O) groups excluding carboxylic acids is 2. The van der Waals surface area contributed by atoms with Crippen molar-refractivity contribution in [2.24, 2.45) is 0 Å². The van der Waals surface area contributed by atoms with Gasteiger partial charge in [0.2, 0.25) is 0 Å². The van der Waals surface area contributed by atoms with Crippen molar-refractivity contribution in [3.63, 3.8) is 0 Å². The molecule has 2 aromatic rings. The summed E-state index contributed by atoms with van der Waals surface area (Å²) in [6.07, 6.45) is 0.147. The summed E-state index contributed by atoms with van der Waals surface area (Å²) >= 11 is 5.85. The van der Waals surface area contributed by atoms with E-state index >= 15 is 0 Å². The van der Waals surface area contributed by atoms with E-state index in [2.05, 4.69) is 5.32 Å². The second-order valence-corrected chi connectivity index (χ2v) is 5.27. The highest BCUT2D eigenvalue weighted by atomic mass is 35.5. The molecule has 1 amide bonds. The quantitative estimate of drug-likeness (QED) is 0.860. The van der Waals surface area contributed by atoms with Crippen LogP contribution in [0.5, 0.6) is 0 Å². The number of benzene rings is 2. The maximum Gasteiger partial charge on any atom is 0.310 e. The molecule has 0 unspecified atom stereocenters. The highest BCUT2D eigenvalue weighted by Gasteiger charge is 2.09. The summed E-state index contributed by atoms with van der Waals surface area (Å²) in [5.74, 6) is -0.819. The molecule has 0 heterocycles. The first-order chi connectivity index (χ1) is 10.5. The monoisotopic (exact) mass is 317 g/mol. The third-order valence-electron chi connectivity index (χ3n) is 3.02. The van der Waals surface area contributed by atoms with E-state index in [0.29, 0.717) is 10.7 Å². The van der Waals surface area contributed by atoms with E-state index in [1.807, 2.05) is 37.3 Å². The zero-order valence-electron chi connectivity index (χ0n) is 12.1. The molecule has 2 aromatic carbocycles. The van der Waals surface area contributed by atoms with Crippen molar-refractivity contribution in [3.05, 3.63) is 64.7 Å². The molecule has 4 nitrogen and oxygen atoms in total. The Bertz CT molecular complexity index is 671. The lowest BCUT2D eigenvalue weighted by Crippen LogP contribution is -2.22. The highest BCUT2D eigenvalue weighted by molar-refractivity contribution is 6.30. The van der Waals surface area contributed by atoms with Crippen LogP contribution >= 0.6 is 11.6 Å². The predicted molar refractivity (Wildman–Crippen MR) is 85.9 cm³/mol. The number of carbonyl (C=O) groups is 2. The van der Waals surface area contributed by atoms with Crippen LogP contribution in [0.3, 0.4) is 0 Å². The fourth-order valence-electron chi connectivity index (χ4n) is 1.91. The van der Waals surface area contributed by atoms with Gasteiger partial charge < -0.3 is 10.1 Å². The average molecular weight is 318 g/mol. The van der Waals surface area contributed by atoms with Crippen molar-refractivity contribution >= 4 is 29.2 Å². The first kappa shape index (κ1) is 16.0. The Balaban J connectivity index is 1.81. The zero-order valence-corrected chi connectivity index (χ0v) is 12.9.